The molecular weight excluding hydrogens is 398 g/mol. The van der Waals surface area contributed by atoms with E-state index in [2.05, 4.69) is 50.6 Å². The lowest BCUT2D eigenvalue weighted by molar-refractivity contribution is 0.0819. The highest BCUT2D eigenvalue weighted by atomic mass is 16.2. The van der Waals surface area contributed by atoms with E-state index in [-0.39, 0.29) is 11.9 Å². The summed E-state index contributed by atoms with van der Waals surface area (Å²) in [5.41, 5.74) is 2.34. The van der Waals surface area contributed by atoms with Gasteiger partial charge in [-0.2, -0.15) is 0 Å². The third-order valence-corrected chi connectivity index (χ3v) is 7.21. The van der Waals surface area contributed by atoms with E-state index in [1.807, 2.05) is 35.0 Å². The van der Waals surface area contributed by atoms with Crippen LogP contribution in [0.25, 0.3) is 5.69 Å². The molecule has 32 heavy (non-hydrogen) atoms. The lowest BCUT2D eigenvalue weighted by atomic mass is 9.96. The number of rotatable bonds is 6. The van der Waals surface area contributed by atoms with Crippen LogP contribution in [0.1, 0.15) is 66.4 Å². The van der Waals surface area contributed by atoms with E-state index in [1.165, 1.54) is 18.4 Å². The smallest absolute Gasteiger partial charge is 0.291 e. The van der Waals surface area contributed by atoms with Crippen LogP contribution in [0, 0.1) is 0 Å². The molecule has 1 amide bonds. The number of amides is 1. The summed E-state index contributed by atoms with van der Waals surface area (Å²) in [7, 11) is 0. The first-order valence-electron chi connectivity index (χ1n) is 11.9. The number of para-hydroxylation sites is 1. The van der Waals surface area contributed by atoms with Crippen molar-refractivity contribution in [2.75, 3.05) is 0 Å². The van der Waals surface area contributed by atoms with Crippen molar-refractivity contribution in [2.45, 2.75) is 69.1 Å². The first-order valence-corrected chi connectivity index (χ1v) is 11.9. The average molecular weight is 428 g/mol. The standard InChI is InChI=1S/C26H29N5O/c32-26(24-28-25(19-11-12-19)31(29-24)21-9-5-2-6-10-21)27-20-15-22-13-14-23(16-20)30(22)17-18-7-3-1-4-8-18/h1-10,19-20,22-23H,11-17H2,(H,27,32). The number of benzene rings is 2. The lowest BCUT2D eigenvalue weighted by Gasteiger charge is -2.39. The Hall–Kier alpha value is -2.99. The molecule has 6 rings (SSSR count). The maximum absolute atomic E-state index is 13.1. The average Bonchev–Trinajstić information content (AvgIpc) is 3.53. The van der Waals surface area contributed by atoms with E-state index >= 15 is 0 Å². The van der Waals surface area contributed by atoms with Gasteiger partial charge >= 0.3 is 0 Å². The highest BCUT2D eigenvalue weighted by Gasteiger charge is 2.41. The Morgan fingerprint density at radius 3 is 2.22 bits per heavy atom. The van der Waals surface area contributed by atoms with E-state index in [9.17, 15) is 4.79 Å². The Morgan fingerprint density at radius 2 is 1.56 bits per heavy atom. The van der Waals surface area contributed by atoms with Crippen molar-refractivity contribution in [3.8, 4) is 5.69 Å². The van der Waals surface area contributed by atoms with Crippen molar-refractivity contribution < 1.29 is 4.79 Å². The van der Waals surface area contributed by atoms with Crippen LogP contribution in [0.3, 0.4) is 0 Å². The van der Waals surface area contributed by atoms with Crippen LogP contribution in [0.5, 0.6) is 0 Å². The molecule has 1 saturated carbocycles. The van der Waals surface area contributed by atoms with Gasteiger partial charge in [0.1, 0.15) is 5.82 Å². The molecule has 2 aliphatic heterocycles. The minimum Gasteiger partial charge on any atom is -0.346 e. The largest absolute Gasteiger partial charge is 0.346 e. The topological polar surface area (TPSA) is 63.1 Å². The van der Waals surface area contributed by atoms with E-state index in [0.717, 1.165) is 43.7 Å². The van der Waals surface area contributed by atoms with Crippen LogP contribution in [0.15, 0.2) is 60.7 Å². The zero-order valence-corrected chi connectivity index (χ0v) is 18.2. The summed E-state index contributed by atoms with van der Waals surface area (Å²) in [5, 5.41) is 7.88. The summed E-state index contributed by atoms with van der Waals surface area (Å²) in [6, 6.07) is 22.0. The van der Waals surface area contributed by atoms with Gasteiger partial charge in [-0.05, 0) is 56.2 Å². The molecule has 6 heteroatoms. The summed E-state index contributed by atoms with van der Waals surface area (Å²) in [6.45, 7) is 1.00. The van der Waals surface area contributed by atoms with Crippen molar-refractivity contribution in [3.63, 3.8) is 0 Å². The van der Waals surface area contributed by atoms with Crippen molar-refractivity contribution in [3.05, 3.63) is 77.9 Å². The molecule has 1 aliphatic carbocycles. The molecule has 2 atom stereocenters. The Labute approximate surface area is 188 Å². The molecule has 164 valence electrons. The van der Waals surface area contributed by atoms with Gasteiger partial charge in [0.2, 0.25) is 5.82 Å². The molecule has 2 aromatic carbocycles. The second-order valence-corrected chi connectivity index (χ2v) is 9.50. The molecule has 0 radical (unpaired) electrons. The SMILES string of the molecule is O=C(NC1CC2CCC(C1)N2Cc1ccccc1)c1nc(C2CC2)n(-c2ccccc2)n1. The summed E-state index contributed by atoms with van der Waals surface area (Å²) in [4.78, 5) is 20.4. The van der Waals surface area contributed by atoms with Gasteiger partial charge in [-0.15, -0.1) is 5.10 Å². The van der Waals surface area contributed by atoms with Crippen molar-refractivity contribution in [2.24, 2.45) is 0 Å². The fourth-order valence-corrected chi connectivity index (χ4v) is 5.48. The molecule has 3 aliphatic rings. The Bertz CT molecular complexity index is 1080. The molecule has 6 nitrogen and oxygen atoms in total. The van der Waals surface area contributed by atoms with Gasteiger partial charge < -0.3 is 5.32 Å². The first kappa shape index (κ1) is 19.7. The molecule has 2 bridgehead atoms. The van der Waals surface area contributed by atoms with Gasteiger partial charge in [0, 0.05) is 30.6 Å². The number of fused-ring (bicyclic) bond motifs is 2. The molecule has 1 N–H and O–H groups in total. The van der Waals surface area contributed by atoms with E-state index in [4.69, 9.17) is 0 Å². The van der Waals surface area contributed by atoms with Crippen LogP contribution in [0.2, 0.25) is 0 Å². The minimum absolute atomic E-state index is 0.137. The van der Waals surface area contributed by atoms with Crippen molar-refractivity contribution in [1.29, 1.82) is 0 Å². The van der Waals surface area contributed by atoms with Crippen molar-refractivity contribution >= 4 is 5.91 Å². The summed E-state index contributed by atoms with van der Waals surface area (Å²) >= 11 is 0. The third kappa shape index (κ3) is 3.84. The Kier molecular flexibility index (Phi) is 5.02. The van der Waals surface area contributed by atoms with Gasteiger partial charge in [0.05, 0.1) is 5.69 Å². The molecule has 3 aromatic rings. The van der Waals surface area contributed by atoms with Gasteiger partial charge in [-0.25, -0.2) is 9.67 Å². The zero-order valence-electron chi connectivity index (χ0n) is 18.2. The van der Waals surface area contributed by atoms with Crippen LogP contribution in [0.4, 0.5) is 0 Å². The second-order valence-electron chi connectivity index (χ2n) is 9.50. The fourth-order valence-electron chi connectivity index (χ4n) is 5.48. The molecule has 0 spiro atoms. The number of aromatic nitrogens is 3. The number of piperidine rings is 1. The fraction of sp³-hybridized carbons (Fsp3) is 0.423. The Morgan fingerprint density at radius 1 is 0.906 bits per heavy atom. The Balaban J connectivity index is 1.15. The van der Waals surface area contributed by atoms with Crippen LogP contribution >= 0.6 is 0 Å². The van der Waals surface area contributed by atoms with Crippen LogP contribution in [-0.4, -0.2) is 43.7 Å². The second kappa shape index (κ2) is 8.17. The molecular formula is C26H29N5O. The molecule has 3 heterocycles. The first-order chi connectivity index (χ1) is 15.7. The van der Waals surface area contributed by atoms with Gasteiger partial charge in [0.15, 0.2) is 0 Å². The normalized spacial score (nSPS) is 25.1. The van der Waals surface area contributed by atoms with Gasteiger partial charge in [-0.1, -0.05) is 48.5 Å². The summed E-state index contributed by atoms with van der Waals surface area (Å²) < 4.78 is 1.86. The summed E-state index contributed by atoms with van der Waals surface area (Å²) in [6.07, 6.45) is 6.69. The van der Waals surface area contributed by atoms with Crippen molar-refractivity contribution in [1.82, 2.24) is 25.0 Å². The molecule has 2 saturated heterocycles. The number of nitrogens with one attached hydrogen (secondary N) is 1. The van der Waals surface area contributed by atoms with E-state index in [0.29, 0.717) is 23.8 Å². The number of nitrogens with zero attached hydrogens (tertiary/aromatic N) is 4. The zero-order chi connectivity index (χ0) is 21.5. The number of carbonyl (C=O) groups excluding carboxylic acids is 1. The molecule has 3 fully saturated rings. The number of hydrogen-bond acceptors (Lipinski definition) is 4. The van der Waals surface area contributed by atoms with Gasteiger partial charge in [0.25, 0.3) is 5.91 Å². The van der Waals surface area contributed by atoms with E-state index in [1.54, 1.807) is 0 Å². The third-order valence-electron chi connectivity index (χ3n) is 7.21. The predicted octanol–water partition coefficient (Wildman–Crippen LogP) is 4.07. The summed E-state index contributed by atoms with van der Waals surface area (Å²) in [5.74, 6) is 1.50. The maximum Gasteiger partial charge on any atom is 0.291 e. The van der Waals surface area contributed by atoms with Crippen LogP contribution in [-0.2, 0) is 6.54 Å². The molecule has 1 aromatic heterocycles. The number of carbonyl (C=O) groups is 1. The monoisotopic (exact) mass is 427 g/mol. The predicted molar refractivity (Wildman–Crippen MR) is 123 cm³/mol. The molecule has 2 unspecified atom stereocenters. The maximum atomic E-state index is 13.1. The highest BCUT2D eigenvalue weighted by molar-refractivity contribution is 5.90. The quantitative estimate of drug-likeness (QED) is 0.644. The van der Waals surface area contributed by atoms with Crippen LogP contribution < -0.4 is 5.32 Å². The van der Waals surface area contributed by atoms with Gasteiger partial charge in [-0.3, -0.25) is 9.69 Å². The highest BCUT2D eigenvalue weighted by Crippen LogP contribution is 2.40. The number of hydrogen-bond donors (Lipinski definition) is 1. The van der Waals surface area contributed by atoms with E-state index < -0.39 is 0 Å². The lowest BCUT2D eigenvalue weighted by Crippen LogP contribution is -2.50. The minimum atomic E-state index is -0.137.